The lowest BCUT2D eigenvalue weighted by Gasteiger charge is -2.40. The zero-order chi connectivity index (χ0) is 24.2. The van der Waals surface area contributed by atoms with Crippen LogP contribution in [0.5, 0.6) is 11.5 Å². The number of benzene rings is 2. The van der Waals surface area contributed by atoms with Crippen LogP contribution in [0.15, 0.2) is 65.1 Å². The monoisotopic (exact) mass is 457 g/mol. The normalized spacial score (nSPS) is 18.0. The summed E-state index contributed by atoms with van der Waals surface area (Å²) < 4.78 is 11.7. The third kappa shape index (κ3) is 4.03. The van der Waals surface area contributed by atoms with Gasteiger partial charge >= 0.3 is 0 Å². The number of ketones is 1. The van der Waals surface area contributed by atoms with Gasteiger partial charge in [0.2, 0.25) is 0 Å². The Morgan fingerprint density at radius 3 is 2.56 bits per heavy atom. The number of hydrogen-bond acceptors (Lipinski definition) is 6. The number of ether oxygens (including phenoxy) is 2. The summed E-state index contributed by atoms with van der Waals surface area (Å²) in [5.74, 6) is 1.12. The Morgan fingerprint density at radius 1 is 1.09 bits per heavy atom. The Labute approximate surface area is 201 Å². The minimum atomic E-state index is -0.597. The van der Waals surface area contributed by atoms with Crippen molar-refractivity contribution < 1.29 is 14.3 Å². The summed E-state index contributed by atoms with van der Waals surface area (Å²) in [7, 11) is 0. The summed E-state index contributed by atoms with van der Waals surface area (Å²) in [6.45, 7) is 6.89. The number of allylic oxidation sites excluding steroid dienone is 3. The summed E-state index contributed by atoms with van der Waals surface area (Å²) in [5.41, 5.74) is 11.4. The van der Waals surface area contributed by atoms with E-state index in [0.717, 1.165) is 35.4 Å². The van der Waals surface area contributed by atoms with Crippen molar-refractivity contribution in [3.8, 4) is 17.6 Å². The van der Waals surface area contributed by atoms with E-state index in [1.54, 1.807) is 0 Å². The van der Waals surface area contributed by atoms with E-state index in [4.69, 9.17) is 15.2 Å². The molecule has 2 N–H and O–H groups in total. The fourth-order valence-electron chi connectivity index (χ4n) is 5.00. The second kappa shape index (κ2) is 10.0. The van der Waals surface area contributed by atoms with Crippen LogP contribution in [-0.2, 0) is 11.2 Å². The Hall–Kier alpha value is -3.72. The van der Waals surface area contributed by atoms with Crippen molar-refractivity contribution in [2.24, 2.45) is 5.73 Å². The van der Waals surface area contributed by atoms with Crippen molar-refractivity contribution in [3.63, 3.8) is 0 Å². The second-order valence-electron chi connectivity index (χ2n) is 8.36. The molecule has 34 heavy (non-hydrogen) atoms. The number of carbonyl (C=O) groups is 1. The van der Waals surface area contributed by atoms with Gasteiger partial charge in [-0.15, -0.1) is 0 Å². The Bertz CT molecular complexity index is 1210. The van der Waals surface area contributed by atoms with Crippen molar-refractivity contribution in [2.75, 3.05) is 18.1 Å². The van der Waals surface area contributed by atoms with Crippen LogP contribution in [0.4, 0.5) is 5.69 Å². The van der Waals surface area contributed by atoms with Gasteiger partial charge in [0, 0.05) is 23.3 Å². The largest absolute Gasteiger partial charge is 0.494 e. The first-order valence-electron chi connectivity index (χ1n) is 12.0. The van der Waals surface area contributed by atoms with E-state index in [1.165, 1.54) is 0 Å². The minimum absolute atomic E-state index is 0.0507. The molecule has 2 aromatic carbocycles. The highest BCUT2D eigenvalue weighted by atomic mass is 16.5. The standard InChI is InChI=1S/C28H31N3O3/c1-4-18-10-7-8-11-22(18)31-23-12-9-13-24(32)27(23)26(21(17-29)28(31)30)20-16-19(33-5-2)14-15-25(20)34-6-3/h7-8,10-11,14-16,26H,4-6,9,12-13,30H2,1-3H3. The van der Waals surface area contributed by atoms with Crippen LogP contribution >= 0.6 is 0 Å². The van der Waals surface area contributed by atoms with Crippen LogP contribution < -0.4 is 20.1 Å². The SMILES string of the molecule is CCOc1ccc(OCC)c(C2C(C#N)=C(N)N(c3ccccc3CC)C3=C2C(=O)CCC3)c1. The summed E-state index contributed by atoms with van der Waals surface area (Å²) in [6, 6.07) is 15.9. The molecule has 1 atom stereocenters. The molecule has 0 saturated heterocycles. The lowest BCUT2D eigenvalue weighted by Crippen LogP contribution is -2.39. The number of para-hydroxylation sites is 1. The molecule has 4 rings (SSSR count). The molecule has 1 unspecified atom stereocenters. The van der Waals surface area contributed by atoms with Crippen LogP contribution in [0.2, 0.25) is 0 Å². The maximum atomic E-state index is 13.5. The van der Waals surface area contributed by atoms with Gasteiger partial charge in [-0.25, -0.2) is 0 Å². The average Bonchev–Trinajstić information content (AvgIpc) is 2.85. The van der Waals surface area contributed by atoms with Crippen molar-refractivity contribution in [1.82, 2.24) is 0 Å². The van der Waals surface area contributed by atoms with Crippen LogP contribution in [0, 0.1) is 11.3 Å². The average molecular weight is 458 g/mol. The van der Waals surface area contributed by atoms with Crippen molar-refractivity contribution in [3.05, 3.63) is 76.3 Å². The third-order valence-electron chi connectivity index (χ3n) is 6.43. The van der Waals surface area contributed by atoms with Crippen molar-refractivity contribution in [1.29, 1.82) is 5.26 Å². The van der Waals surface area contributed by atoms with E-state index in [1.807, 2.05) is 55.1 Å². The second-order valence-corrected chi connectivity index (χ2v) is 8.36. The highest BCUT2D eigenvalue weighted by Gasteiger charge is 2.41. The molecule has 1 heterocycles. The van der Waals surface area contributed by atoms with E-state index in [-0.39, 0.29) is 5.78 Å². The first kappa shape index (κ1) is 23.4. The van der Waals surface area contributed by atoms with Crippen LogP contribution in [0.3, 0.4) is 0 Å². The van der Waals surface area contributed by atoms with E-state index < -0.39 is 5.92 Å². The molecule has 0 aromatic heterocycles. The molecule has 2 aliphatic rings. The van der Waals surface area contributed by atoms with Gasteiger partial charge in [0.25, 0.3) is 0 Å². The number of aryl methyl sites for hydroxylation is 1. The third-order valence-corrected chi connectivity index (χ3v) is 6.43. The zero-order valence-corrected chi connectivity index (χ0v) is 20.1. The van der Waals surface area contributed by atoms with Crippen LogP contribution in [-0.4, -0.2) is 19.0 Å². The molecule has 176 valence electrons. The molecule has 0 saturated carbocycles. The topological polar surface area (TPSA) is 88.6 Å². The van der Waals surface area contributed by atoms with Crippen LogP contribution in [0.1, 0.15) is 57.1 Å². The van der Waals surface area contributed by atoms with Gasteiger partial charge in [0.15, 0.2) is 5.78 Å². The molecule has 0 bridgehead atoms. The number of anilines is 1. The van der Waals surface area contributed by atoms with Gasteiger partial charge < -0.3 is 15.2 Å². The predicted molar refractivity (Wildman–Crippen MR) is 133 cm³/mol. The fraction of sp³-hybridized carbons (Fsp3) is 0.357. The summed E-state index contributed by atoms with van der Waals surface area (Å²) in [5, 5.41) is 10.3. The highest BCUT2D eigenvalue weighted by Crippen LogP contribution is 2.49. The lowest BCUT2D eigenvalue weighted by atomic mass is 9.75. The predicted octanol–water partition coefficient (Wildman–Crippen LogP) is 5.35. The molecule has 6 heteroatoms. The number of rotatable bonds is 7. The quantitative estimate of drug-likeness (QED) is 0.603. The number of nitrogens with two attached hydrogens (primary N) is 1. The summed E-state index contributed by atoms with van der Waals surface area (Å²) in [6.07, 6.45) is 2.73. The van der Waals surface area contributed by atoms with E-state index in [2.05, 4.69) is 19.1 Å². The molecular formula is C28H31N3O3. The van der Waals surface area contributed by atoms with E-state index in [9.17, 15) is 10.1 Å². The summed E-state index contributed by atoms with van der Waals surface area (Å²) in [4.78, 5) is 15.4. The van der Waals surface area contributed by atoms with Crippen molar-refractivity contribution in [2.45, 2.75) is 52.4 Å². The lowest BCUT2D eigenvalue weighted by molar-refractivity contribution is -0.116. The maximum Gasteiger partial charge on any atom is 0.161 e. The molecule has 0 spiro atoms. The fourth-order valence-corrected chi connectivity index (χ4v) is 5.00. The number of carbonyl (C=O) groups excluding carboxylic acids is 1. The Morgan fingerprint density at radius 2 is 1.85 bits per heavy atom. The van der Waals surface area contributed by atoms with E-state index in [0.29, 0.717) is 54.5 Å². The first-order chi connectivity index (χ1) is 16.5. The molecule has 0 amide bonds. The molecule has 2 aromatic rings. The molecule has 1 aliphatic heterocycles. The number of hydrogen-bond donors (Lipinski definition) is 1. The Balaban J connectivity index is 2.00. The van der Waals surface area contributed by atoms with Gasteiger partial charge in [-0.3, -0.25) is 9.69 Å². The minimum Gasteiger partial charge on any atom is -0.494 e. The molecular weight excluding hydrogens is 426 g/mol. The molecule has 0 fully saturated rings. The summed E-state index contributed by atoms with van der Waals surface area (Å²) >= 11 is 0. The van der Waals surface area contributed by atoms with Crippen molar-refractivity contribution >= 4 is 11.5 Å². The maximum absolute atomic E-state index is 13.5. The highest BCUT2D eigenvalue weighted by molar-refractivity contribution is 6.01. The zero-order valence-electron chi connectivity index (χ0n) is 20.1. The number of Topliss-reactive ketones (excluding diaryl/α,β-unsaturated/α-hetero) is 1. The molecule has 0 radical (unpaired) electrons. The number of nitriles is 1. The molecule has 6 nitrogen and oxygen atoms in total. The van der Waals surface area contributed by atoms with Gasteiger partial charge in [-0.1, -0.05) is 25.1 Å². The number of nitrogens with zero attached hydrogens (tertiary/aromatic N) is 2. The Kier molecular flexibility index (Phi) is 6.93. The van der Waals surface area contributed by atoms with E-state index >= 15 is 0 Å². The van der Waals surface area contributed by atoms with Gasteiger partial charge in [-0.05, 0) is 62.9 Å². The first-order valence-corrected chi connectivity index (χ1v) is 12.0. The smallest absolute Gasteiger partial charge is 0.161 e. The van der Waals surface area contributed by atoms with Crippen LogP contribution in [0.25, 0.3) is 0 Å². The van der Waals surface area contributed by atoms with Gasteiger partial charge in [-0.2, -0.15) is 5.26 Å². The van der Waals surface area contributed by atoms with Gasteiger partial charge in [0.1, 0.15) is 17.3 Å². The molecule has 1 aliphatic carbocycles. The van der Waals surface area contributed by atoms with Gasteiger partial charge in [0.05, 0.1) is 36.5 Å².